The lowest BCUT2D eigenvalue weighted by Crippen LogP contribution is -2.52. The molecule has 6 heteroatoms. The minimum atomic E-state index is 0.0692. The third-order valence-corrected chi connectivity index (χ3v) is 4.20. The van der Waals surface area contributed by atoms with Crippen LogP contribution in [0.3, 0.4) is 0 Å². The van der Waals surface area contributed by atoms with Crippen molar-refractivity contribution < 1.29 is 14.3 Å². The Kier molecular flexibility index (Phi) is 4.27. The van der Waals surface area contributed by atoms with Gasteiger partial charge in [0.05, 0.1) is 19.9 Å². The molecule has 2 fully saturated rings. The molecule has 6 nitrogen and oxygen atoms in total. The molecular weight excluding hydrogens is 282 g/mol. The summed E-state index contributed by atoms with van der Waals surface area (Å²) in [6, 6.07) is 6.27. The van der Waals surface area contributed by atoms with E-state index < -0.39 is 0 Å². The van der Waals surface area contributed by atoms with Crippen LogP contribution in [0.2, 0.25) is 0 Å². The van der Waals surface area contributed by atoms with Crippen molar-refractivity contribution in [2.75, 3.05) is 45.3 Å². The van der Waals surface area contributed by atoms with Gasteiger partial charge in [-0.15, -0.1) is 0 Å². The molecule has 0 atom stereocenters. The fourth-order valence-corrected chi connectivity index (χ4v) is 2.69. The van der Waals surface area contributed by atoms with E-state index in [4.69, 9.17) is 9.47 Å². The lowest BCUT2D eigenvalue weighted by molar-refractivity contribution is 0.194. The molecule has 22 heavy (non-hydrogen) atoms. The van der Waals surface area contributed by atoms with E-state index in [1.807, 2.05) is 23.1 Å². The summed E-state index contributed by atoms with van der Waals surface area (Å²) in [7, 11) is 3.33. The lowest BCUT2D eigenvalue weighted by atomic mass is 10.2. The van der Waals surface area contributed by atoms with Gasteiger partial charge in [-0.2, -0.15) is 0 Å². The van der Waals surface area contributed by atoms with E-state index in [-0.39, 0.29) is 6.03 Å². The number of urea groups is 1. The monoisotopic (exact) mass is 305 g/mol. The number of piperazine rings is 1. The first kappa shape index (κ1) is 14.8. The van der Waals surface area contributed by atoms with E-state index in [0.29, 0.717) is 6.04 Å². The summed E-state index contributed by atoms with van der Waals surface area (Å²) in [6.45, 7) is 3.03. The van der Waals surface area contributed by atoms with E-state index in [9.17, 15) is 4.79 Å². The molecule has 1 heterocycles. The second-order valence-corrected chi connectivity index (χ2v) is 5.74. The fraction of sp³-hybridized carbons (Fsp3) is 0.562. The molecule has 1 aromatic carbocycles. The zero-order valence-corrected chi connectivity index (χ0v) is 13.2. The summed E-state index contributed by atoms with van der Waals surface area (Å²) < 4.78 is 10.7. The molecule has 3 rings (SSSR count). The van der Waals surface area contributed by atoms with Crippen LogP contribution in [0.25, 0.3) is 0 Å². The fourth-order valence-electron chi connectivity index (χ4n) is 2.69. The number of amides is 2. The summed E-state index contributed by atoms with van der Waals surface area (Å²) in [6.07, 6.45) is 2.24. The normalized spacial score (nSPS) is 18.1. The maximum Gasteiger partial charge on any atom is 0.317 e. The second-order valence-electron chi connectivity index (χ2n) is 5.74. The lowest BCUT2D eigenvalue weighted by Gasteiger charge is -2.36. The number of nitrogens with one attached hydrogen (secondary N) is 1. The molecule has 0 radical (unpaired) electrons. The number of carbonyl (C=O) groups excluding carboxylic acids is 1. The van der Waals surface area contributed by atoms with Gasteiger partial charge in [-0.05, 0) is 25.0 Å². The van der Waals surface area contributed by atoms with Gasteiger partial charge < -0.3 is 24.6 Å². The van der Waals surface area contributed by atoms with Crippen molar-refractivity contribution >= 4 is 11.7 Å². The Hall–Kier alpha value is -2.11. The van der Waals surface area contributed by atoms with Crippen LogP contribution in [0.15, 0.2) is 18.2 Å². The number of carbonyl (C=O) groups is 1. The predicted octanol–water partition coefficient (Wildman–Crippen LogP) is 1.70. The van der Waals surface area contributed by atoms with Gasteiger partial charge in [-0.1, -0.05) is 0 Å². The van der Waals surface area contributed by atoms with Crippen molar-refractivity contribution in [3.05, 3.63) is 18.2 Å². The minimum absolute atomic E-state index is 0.0692. The Morgan fingerprint density at radius 1 is 1.14 bits per heavy atom. The van der Waals surface area contributed by atoms with Gasteiger partial charge in [0.1, 0.15) is 11.5 Å². The average molecular weight is 305 g/mol. The Morgan fingerprint density at radius 3 is 2.45 bits per heavy atom. The predicted molar refractivity (Wildman–Crippen MR) is 84.9 cm³/mol. The first-order valence-electron chi connectivity index (χ1n) is 7.73. The van der Waals surface area contributed by atoms with Gasteiger partial charge in [-0.3, -0.25) is 0 Å². The first-order valence-corrected chi connectivity index (χ1v) is 7.73. The number of rotatable bonds is 4. The maximum atomic E-state index is 12.1. The molecule has 0 aromatic heterocycles. The first-order chi connectivity index (χ1) is 10.7. The van der Waals surface area contributed by atoms with E-state index >= 15 is 0 Å². The molecular formula is C16H23N3O3. The van der Waals surface area contributed by atoms with Crippen LogP contribution in [0.1, 0.15) is 12.8 Å². The molecule has 2 aliphatic rings. The number of benzene rings is 1. The van der Waals surface area contributed by atoms with Crippen LogP contribution in [0, 0.1) is 0 Å². The SMILES string of the molecule is COc1ccc(OC)c(N2CCN(C(=O)NC3CC3)CC2)c1. The van der Waals surface area contributed by atoms with Crippen LogP contribution in [0.5, 0.6) is 11.5 Å². The van der Waals surface area contributed by atoms with E-state index in [1.54, 1.807) is 14.2 Å². The minimum Gasteiger partial charge on any atom is -0.497 e. The number of nitrogens with zero attached hydrogens (tertiary/aromatic N) is 2. The largest absolute Gasteiger partial charge is 0.497 e. The third-order valence-electron chi connectivity index (χ3n) is 4.20. The van der Waals surface area contributed by atoms with Crippen LogP contribution in [0.4, 0.5) is 10.5 Å². The highest BCUT2D eigenvalue weighted by Crippen LogP contribution is 2.32. The molecule has 2 amide bonds. The highest BCUT2D eigenvalue weighted by atomic mass is 16.5. The van der Waals surface area contributed by atoms with Crippen molar-refractivity contribution in [1.82, 2.24) is 10.2 Å². The highest BCUT2D eigenvalue weighted by molar-refractivity contribution is 5.75. The zero-order chi connectivity index (χ0) is 15.5. The molecule has 0 unspecified atom stereocenters. The van der Waals surface area contributed by atoms with Gasteiger partial charge in [0, 0.05) is 38.3 Å². The Balaban J connectivity index is 1.64. The molecule has 1 aliphatic carbocycles. The quantitative estimate of drug-likeness (QED) is 0.920. The van der Waals surface area contributed by atoms with Crippen molar-refractivity contribution in [3.8, 4) is 11.5 Å². The smallest absolute Gasteiger partial charge is 0.317 e. The van der Waals surface area contributed by atoms with Crippen LogP contribution >= 0.6 is 0 Å². The van der Waals surface area contributed by atoms with Gasteiger partial charge in [0.25, 0.3) is 0 Å². The number of ether oxygens (including phenoxy) is 2. The van der Waals surface area contributed by atoms with Crippen LogP contribution < -0.4 is 19.7 Å². The van der Waals surface area contributed by atoms with Crippen molar-refractivity contribution in [3.63, 3.8) is 0 Å². The summed E-state index contributed by atoms with van der Waals surface area (Å²) in [5.41, 5.74) is 1.02. The van der Waals surface area contributed by atoms with E-state index in [1.165, 1.54) is 0 Å². The molecule has 1 saturated heterocycles. The maximum absolute atomic E-state index is 12.1. The van der Waals surface area contributed by atoms with Gasteiger partial charge >= 0.3 is 6.03 Å². The zero-order valence-electron chi connectivity index (χ0n) is 13.2. The van der Waals surface area contributed by atoms with E-state index in [2.05, 4.69) is 10.2 Å². The number of anilines is 1. The molecule has 1 aromatic rings. The summed E-state index contributed by atoms with van der Waals surface area (Å²) in [5.74, 6) is 1.64. The Labute approximate surface area is 131 Å². The van der Waals surface area contributed by atoms with Gasteiger partial charge in [-0.25, -0.2) is 4.79 Å². The summed E-state index contributed by atoms with van der Waals surface area (Å²) >= 11 is 0. The van der Waals surface area contributed by atoms with Crippen LogP contribution in [-0.4, -0.2) is 57.4 Å². The van der Waals surface area contributed by atoms with Crippen molar-refractivity contribution in [2.45, 2.75) is 18.9 Å². The molecule has 1 saturated carbocycles. The molecule has 120 valence electrons. The molecule has 0 spiro atoms. The summed E-state index contributed by atoms with van der Waals surface area (Å²) in [4.78, 5) is 16.2. The van der Waals surface area contributed by atoms with Crippen molar-refractivity contribution in [2.24, 2.45) is 0 Å². The molecule has 0 bridgehead atoms. The number of methoxy groups -OCH3 is 2. The topological polar surface area (TPSA) is 54.0 Å². The third kappa shape index (κ3) is 3.21. The van der Waals surface area contributed by atoms with Gasteiger partial charge in [0.2, 0.25) is 0 Å². The van der Waals surface area contributed by atoms with Crippen molar-refractivity contribution in [1.29, 1.82) is 0 Å². The van der Waals surface area contributed by atoms with Crippen LogP contribution in [-0.2, 0) is 0 Å². The molecule has 1 N–H and O–H groups in total. The molecule has 1 aliphatic heterocycles. The Bertz CT molecular complexity index is 537. The average Bonchev–Trinajstić information content (AvgIpc) is 3.38. The highest BCUT2D eigenvalue weighted by Gasteiger charge is 2.28. The second kappa shape index (κ2) is 6.34. The Morgan fingerprint density at radius 2 is 1.86 bits per heavy atom. The standard InChI is InChI=1S/C16H23N3O3/c1-21-13-5-6-15(22-2)14(11-13)18-7-9-19(10-8-18)16(20)17-12-3-4-12/h5-6,11-12H,3-4,7-10H2,1-2H3,(H,17,20). The van der Waals surface area contributed by atoms with Gasteiger partial charge in [0.15, 0.2) is 0 Å². The van der Waals surface area contributed by atoms with E-state index in [0.717, 1.165) is 56.2 Å². The summed E-state index contributed by atoms with van der Waals surface area (Å²) in [5, 5.41) is 3.04. The number of hydrogen-bond donors (Lipinski definition) is 1. The number of hydrogen-bond acceptors (Lipinski definition) is 4.